The standard InChI is InChI=1S/C27H38O4.C25H33NO3.HI/c1-6-9-21-16-22(7-2)25(23(8-3)17-21)18-24(28)19-27(26(29)31-5)13-10-20(11-14-27)12-15-30-4;1-5-8-18-15-19(6-2)21(20(7-3)16-18)22-23(27)25(26-24(22)28)12-9-17(10-13-25)11-14-29-4;/h16-17,20H,7-8,10-15,18-19H2,1-5H3;15-17,27H,6-7,9-14H2,1-4H3,(H,26,28);1H/p-1. The number of hydrogen-bond acceptors (Lipinski definition) is 7. The van der Waals surface area contributed by atoms with Crippen molar-refractivity contribution >= 4 is 23.2 Å². The first-order chi connectivity index (χ1) is 28.9. The molecule has 2 saturated carbocycles. The van der Waals surface area contributed by atoms with Crippen LogP contribution in [-0.2, 0) is 60.7 Å². The third-order valence-electron chi connectivity index (χ3n) is 13.3. The van der Waals surface area contributed by atoms with Crippen LogP contribution in [0.2, 0.25) is 0 Å². The van der Waals surface area contributed by atoms with Crippen LogP contribution in [0.3, 0.4) is 0 Å². The number of esters is 1. The SMILES string of the molecule is CC#Cc1cc(CC)c(C2=C(O)C3(CCC(CCOC)CC3)NC2=O)c(CC)c1.CC#Cc1cc(CC)c(CC(=O)CC2(C(=O)OC)CCC(CCOC)CC2)c(CC)c1.[I-]. The molecule has 2 aromatic rings. The van der Waals surface area contributed by atoms with Gasteiger partial charge < -0.3 is 48.6 Å². The number of carbonyl (C=O) groups excluding carboxylic acids is 3. The van der Waals surface area contributed by atoms with Crippen LogP contribution >= 0.6 is 0 Å². The predicted octanol–water partition coefficient (Wildman–Crippen LogP) is 6.62. The van der Waals surface area contributed by atoms with Gasteiger partial charge >= 0.3 is 5.97 Å². The number of aliphatic hydroxyl groups is 1. The number of hydrogen-bond donors (Lipinski definition) is 2. The van der Waals surface area contributed by atoms with E-state index < -0.39 is 11.0 Å². The Kier molecular flexibility index (Phi) is 21.1. The highest BCUT2D eigenvalue weighted by atomic mass is 127. The van der Waals surface area contributed by atoms with Crippen molar-refractivity contribution in [2.75, 3.05) is 34.5 Å². The molecule has 5 rings (SSSR count). The summed E-state index contributed by atoms with van der Waals surface area (Å²) >= 11 is 0. The van der Waals surface area contributed by atoms with Crippen molar-refractivity contribution in [1.29, 1.82) is 0 Å². The molecule has 0 radical (unpaired) electrons. The maximum absolute atomic E-state index is 13.3. The van der Waals surface area contributed by atoms with E-state index in [1.54, 1.807) is 14.2 Å². The summed E-state index contributed by atoms with van der Waals surface area (Å²) in [6.07, 6.45) is 12.8. The van der Waals surface area contributed by atoms with E-state index in [0.29, 0.717) is 36.7 Å². The first kappa shape index (κ1) is 51.7. The van der Waals surface area contributed by atoms with Crippen LogP contribution in [0.1, 0.15) is 157 Å². The molecule has 1 amide bonds. The van der Waals surface area contributed by atoms with Gasteiger partial charge in [0.15, 0.2) is 0 Å². The normalized spacial score (nSPS) is 21.8. The molecule has 0 bridgehead atoms. The Morgan fingerprint density at radius 1 is 0.738 bits per heavy atom. The van der Waals surface area contributed by atoms with E-state index >= 15 is 0 Å². The van der Waals surface area contributed by atoms with E-state index in [1.165, 1.54) is 18.2 Å². The summed E-state index contributed by atoms with van der Waals surface area (Å²) in [6, 6.07) is 8.33. The van der Waals surface area contributed by atoms with Crippen LogP contribution < -0.4 is 29.3 Å². The number of nitrogens with one attached hydrogen (secondary N) is 1. The lowest BCUT2D eigenvalue weighted by molar-refractivity contribution is -0.158. The fourth-order valence-electron chi connectivity index (χ4n) is 9.87. The number of aliphatic hydroxyl groups excluding tert-OH is 1. The van der Waals surface area contributed by atoms with Crippen molar-refractivity contribution in [1.82, 2.24) is 5.32 Å². The van der Waals surface area contributed by atoms with Gasteiger partial charge in [-0.3, -0.25) is 14.4 Å². The Morgan fingerprint density at radius 3 is 1.59 bits per heavy atom. The van der Waals surface area contributed by atoms with Crippen molar-refractivity contribution in [2.24, 2.45) is 17.3 Å². The molecular weight excluding hydrogens is 877 g/mol. The van der Waals surface area contributed by atoms with Gasteiger partial charge in [-0.25, -0.2) is 0 Å². The summed E-state index contributed by atoms with van der Waals surface area (Å²) < 4.78 is 15.6. The average molecular weight is 949 g/mol. The molecule has 2 aliphatic carbocycles. The molecule has 2 aromatic carbocycles. The highest BCUT2D eigenvalue weighted by molar-refractivity contribution is 6.24. The molecule has 8 nitrogen and oxygen atoms in total. The molecule has 2 fully saturated rings. The highest BCUT2D eigenvalue weighted by Gasteiger charge is 2.48. The zero-order valence-corrected chi connectivity index (χ0v) is 40.6. The molecule has 3 aliphatic rings. The maximum Gasteiger partial charge on any atom is 0.312 e. The van der Waals surface area contributed by atoms with Crippen LogP contribution in [-0.4, -0.2) is 62.8 Å². The van der Waals surface area contributed by atoms with Crippen molar-refractivity contribution in [3.8, 4) is 23.7 Å². The Balaban J connectivity index is 0.000000321. The second-order valence-electron chi connectivity index (χ2n) is 17.0. The molecule has 1 spiro atoms. The summed E-state index contributed by atoms with van der Waals surface area (Å²) in [5.41, 5.74) is 7.71. The lowest BCUT2D eigenvalue weighted by atomic mass is 9.67. The van der Waals surface area contributed by atoms with Gasteiger partial charge in [0.25, 0.3) is 5.91 Å². The fourth-order valence-corrected chi connectivity index (χ4v) is 9.87. The van der Waals surface area contributed by atoms with Crippen LogP contribution in [0, 0.1) is 40.9 Å². The number of aryl methyl sites for hydroxylation is 4. The van der Waals surface area contributed by atoms with Gasteiger partial charge in [-0.2, -0.15) is 0 Å². The number of carbonyl (C=O) groups is 3. The maximum atomic E-state index is 13.3. The number of methoxy groups -OCH3 is 3. The zero-order chi connectivity index (χ0) is 43.9. The lowest BCUT2D eigenvalue weighted by Gasteiger charge is -2.37. The summed E-state index contributed by atoms with van der Waals surface area (Å²) in [7, 11) is 4.89. The van der Waals surface area contributed by atoms with Gasteiger partial charge in [0.2, 0.25) is 0 Å². The molecule has 0 atom stereocenters. The first-order valence-electron chi connectivity index (χ1n) is 22.4. The molecule has 1 heterocycles. The van der Waals surface area contributed by atoms with Crippen molar-refractivity contribution in [2.45, 2.75) is 150 Å². The largest absolute Gasteiger partial charge is 1.00 e. The van der Waals surface area contributed by atoms with Crippen LogP contribution in [0.5, 0.6) is 0 Å². The van der Waals surface area contributed by atoms with E-state index in [0.717, 1.165) is 124 Å². The van der Waals surface area contributed by atoms with Gasteiger partial charge in [-0.05, 0) is 173 Å². The van der Waals surface area contributed by atoms with E-state index in [4.69, 9.17) is 14.2 Å². The minimum atomic E-state index is -0.679. The topological polar surface area (TPSA) is 111 Å². The van der Waals surface area contributed by atoms with Crippen molar-refractivity contribution < 1.29 is 57.7 Å². The molecule has 61 heavy (non-hydrogen) atoms. The lowest BCUT2D eigenvalue weighted by Crippen LogP contribution is -3.00. The minimum Gasteiger partial charge on any atom is -1.00 e. The first-order valence-corrected chi connectivity index (χ1v) is 22.4. The third-order valence-corrected chi connectivity index (χ3v) is 13.3. The Morgan fingerprint density at radius 2 is 1.18 bits per heavy atom. The molecule has 1 aliphatic heterocycles. The Bertz CT molecular complexity index is 1930. The van der Waals surface area contributed by atoms with Gasteiger partial charge in [-0.15, -0.1) is 11.8 Å². The number of amides is 1. The van der Waals surface area contributed by atoms with Gasteiger partial charge in [0.05, 0.1) is 23.6 Å². The number of rotatable bonds is 16. The number of benzene rings is 2. The Hall–Kier alpha value is -3.64. The van der Waals surface area contributed by atoms with Crippen LogP contribution in [0.25, 0.3) is 5.57 Å². The van der Waals surface area contributed by atoms with E-state index in [2.05, 4.69) is 81.0 Å². The van der Waals surface area contributed by atoms with Gasteiger partial charge in [0, 0.05) is 51.4 Å². The summed E-state index contributed by atoms with van der Waals surface area (Å²) in [6.45, 7) is 13.6. The molecule has 334 valence electrons. The molecular formula is C52H71INO7-. The van der Waals surface area contributed by atoms with E-state index in [9.17, 15) is 19.5 Å². The van der Waals surface area contributed by atoms with Gasteiger partial charge in [0.1, 0.15) is 11.5 Å². The van der Waals surface area contributed by atoms with Gasteiger partial charge in [-0.1, -0.05) is 39.5 Å². The quantitative estimate of drug-likeness (QED) is 0.111. The van der Waals surface area contributed by atoms with Crippen molar-refractivity contribution in [3.63, 3.8) is 0 Å². The number of ether oxygens (including phenoxy) is 3. The molecule has 0 aromatic heterocycles. The number of Topliss-reactive ketones (excluding diaryl/α,β-unsaturated/α-hetero) is 1. The molecule has 0 saturated heterocycles. The summed E-state index contributed by atoms with van der Waals surface area (Å²) in [5.74, 6) is 13.3. The second kappa shape index (κ2) is 24.9. The molecule has 2 N–H and O–H groups in total. The summed E-state index contributed by atoms with van der Waals surface area (Å²) in [5, 5.41) is 14.5. The van der Waals surface area contributed by atoms with Crippen LogP contribution in [0.4, 0.5) is 0 Å². The van der Waals surface area contributed by atoms with E-state index in [1.807, 2.05) is 13.8 Å². The molecule has 0 unspecified atom stereocenters. The number of halogens is 1. The minimum absolute atomic E-state index is 0. The van der Waals surface area contributed by atoms with Crippen LogP contribution in [0.15, 0.2) is 30.0 Å². The third kappa shape index (κ3) is 12.7. The smallest absolute Gasteiger partial charge is 0.312 e. The average Bonchev–Trinajstić information content (AvgIpc) is 3.49. The Labute approximate surface area is 384 Å². The predicted molar refractivity (Wildman–Crippen MR) is 241 cm³/mol. The fraction of sp³-hybridized carbons (Fsp3) is 0.596. The monoisotopic (exact) mass is 948 g/mol. The van der Waals surface area contributed by atoms with Crippen molar-refractivity contribution in [3.05, 3.63) is 74.5 Å². The second-order valence-corrected chi connectivity index (χ2v) is 17.0. The zero-order valence-electron chi connectivity index (χ0n) is 38.5. The highest BCUT2D eigenvalue weighted by Crippen LogP contribution is 2.46. The number of ketones is 1. The van der Waals surface area contributed by atoms with E-state index in [-0.39, 0.29) is 53.8 Å². The molecule has 9 heteroatoms. The summed E-state index contributed by atoms with van der Waals surface area (Å²) in [4.78, 5) is 39.1.